The van der Waals surface area contributed by atoms with E-state index in [1.807, 2.05) is 0 Å². The third-order valence-electron chi connectivity index (χ3n) is 1.14. The van der Waals surface area contributed by atoms with Crippen LogP contribution in [0.25, 0.3) is 0 Å². The third-order valence-corrected chi connectivity index (χ3v) is 14.8. The monoisotopic (exact) mass is 263 g/mol. The molecule has 0 bridgehead atoms. The predicted molar refractivity (Wildman–Crippen MR) is 47.4 cm³/mol. The van der Waals surface area contributed by atoms with Gasteiger partial charge in [0, 0.05) is 0 Å². The van der Waals surface area contributed by atoms with E-state index in [-0.39, 0.29) is 0 Å². The minimum atomic E-state index is -1.99. The molecule has 1 aliphatic rings. The first kappa shape index (κ1) is 7.98. The number of hydrogen-bond acceptors (Lipinski definition) is 3. The van der Waals surface area contributed by atoms with Gasteiger partial charge in [0.25, 0.3) is 0 Å². The second kappa shape index (κ2) is 2.86. The molecule has 1 rings (SSSR count). The molecule has 0 aromatic carbocycles. The van der Waals surface area contributed by atoms with Crippen LogP contribution in [-0.2, 0) is 9.05 Å². The van der Waals surface area contributed by atoms with Crippen LogP contribution < -0.4 is 0 Å². The summed E-state index contributed by atoms with van der Waals surface area (Å²) in [6.45, 7) is 0. The van der Waals surface area contributed by atoms with Crippen LogP contribution in [0.15, 0.2) is 0 Å². The van der Waals surface area contributed by atoms with Crippen molar-refractivity contribution in [1.29, 1.82) is 5.16 Å². The van der Waals surface area contributed by atoms with Crippen molar-refractivity contribution in [1.82, 2.24) is 0 Å². The summed E-state index contributed by atoms with van der Waals surface area (Å²) in [6, 6.07) is 0. The molecule has 1 N–H and O–H groups in total. The van der Waals surface area contributed by atoms with Crippen LogP contribution in [0.3, 0.4) is 0 Å². The van der Waals surface area contributed by atoms with E-state index in [2.05, 4.69) is 0 Å². The Kier molecular flexibility index (Phi) is 2.54. The maximum absolute atomic E-state index is 7.67. The van der Waals surface area contributed by atoms with Crippen molar-refractivity contribution in [3.05, 3.63) is 0 Å². The molecule has 0 unspecified atom stereocenters. The number of hydrogen-bond donors (Lipinski definition) is 1. The first-order chi connectivity index (χ1) is 4.23. The fourth-order valence-corrected chi connectivity index (χ4v) is 12.9. The zero-order valence-electron chi connectivity index (χ0n) is 5.56. The second-order valence-corrected chi connectivity index (χ2v) is 15.0. The second-order valence-electron chi connectivity index (χ2n) is 1.65. The Morgan fingerprint density at radius 2 is 1.78 bits per heavy atom. The van der Waals surface area contributed by atoms with Gasteiger partial charge in [-0.3, -0.25) is 0 Å². The van der Waals surface area contributed by atoms with Crippen molar-refractivity contribution in [2.75, 3.05) is 23.1 Å². The molecule has 9 heavy (non-hydrogen) atoms. The normalized spacial score (nSPS) is 22.2. The van der Waals surface area contributed by atoms with Crippen LogP contribution >= 0.6 is 24.4 Å². The topological polar surface area (TPSA) is 42.3 Å². The van der Waals surface area contributed by atoms with Gasteiger partial charge in [0.2, 0.25) is 0 Å². The molecule has 0 aromatic heterocycles. The number of nitrogens with one attached hydrogen (secondary N) is 1. The number of rotatable bonds is 3. The van der Waals surface area contributed by atoms with Crippen LogP contribution in [0.4, 0.5) is 0 Å². The Labute approximate surface area is 61.9 Å². The van der Waals surface area contributed by atoms with E-state index in [1.54, 1.807) is 14.2 Å². The summed E-state index contributed by atoms with van der Waals surface area (Å²) in [4.78, 5) is 0. The first-order valence-electron chi connectivity index (χ1n) is 2.61. The van der Waals surface area contributed by atoms with Crippen molar-refractivity contribution in [2.24, 2.45) is 0 Å². The zero-order valence-corrected chi connectivity index (χ0v) is 8.61. The van der Waals surface area contributed by atoms with Crippen LogP contribution in [0.1, 0.15) is 0 Å². The minimum absolute atomic E-state index is 0.974. The molecule has 0 saturated carbocycles. The molecule has 1 aliphatic heterocycles. The molecule has 0 spiro atoms. The molecular weight excluding hydrogens is 252 g/mol. The van der Waals surface area contributed by atoms with Gasteiger partial charge in [-0.05, 0) is 0 Å². The van der Waals surface area contributed by atoms with Gasteiger partial charge in [-0.25, -0.2) is 0 Å². The SMILES string of the molecule is COP(=N)(OC)I1CC1. The van der Waals surface area contributed by atoms with Gasteiger partial charge in [0.1, 0.15) is 0 Å². The van der Waals surface area contributed by atoms with Gasteiger partial charge in [-0.1, -0.05) is 0 Å². The van der Waals surface area contributed by atoms with Crippen molar-refractivity contribution >= 4 is 24.4 Å². The molecule has 5 heteroatoms. The van der Waals surface area contributed by atoms with E-state index >= 15 is 0 Å². The van der Waals surface area contributed by atoms with Gasteiger partial charge in [-0.2, -0.15) is 0 Å². The van der Waals surface area contributed by atoms with Crippen LogP contribution in [0, 0.1) is 5.16 Å². The van der Waals surface area contributed by atoms with Gasteiger partial charge in [0.05, 0.1) is 0 Å². The molecule has 56 valence electrons. The van der Waals surface area contributed by atoms with Gasteiger partial charge in [-0.15, -0.1) is 0 Å². The molecule has 0 radical (unpaired) electrons. The molecule has 0 aliphatic carbocycles. The van der Waals surface area contributed by atoms with Crippen LogP contribution in [0.5, 0.6) is 0 Å². The van der Waals surface area contributed by atoms with Crippen molar-refractivity contribution in [2.45, 2.75) is 0 Å². The standard InChI is InChI=1S/C4H11INO2P/c1-7-9(6,8-2)5-3-4-5/h6H,3-4H2,1-2H3. The van der Waals surface area contributed by atoms with E-state index in [0.717, 1.165) is 0 Å². The van der Waals surface area contributed by atoms with Gasteiger partial charge in [0.15, 0.2) is 0 Å². The fraction of sp³-hybridized carbons (Fsp3) is 1.00. The van der Waals surface area contributed by atoms with Crippen molar-refractivity contribution in [3.63, 3.8) is 0 Å². The molecule has 0 amide bonds. The van der Waals surface area contributed by atoms with E-state index in [1.165, 1.54) is 8.86 Å². The summed E-state index contributed by atoms with van der Waals surface area (Å²) in [6.07, 6.45) is 0. The Hall–Kier alpha value is 0.880. The summed E-state index contributed by atoms with van der Waals surface area (Å²) in [7, 11) is 3.19. The Bertz CT molecular complexity index is 140. The average molecular weight is 263 g/mol. The fourth-order valence-electron chi connectivity index (χ4n) is 0.524. The number of alkyl halides is 2. The van der Waals surface area contributed by atoms with Crippen molar-refractivity contribution in [3.8, 4) is 0 Å². The van der Waals surface area contributed by atoms with Crippen LogP contribution in [-0.4, -0.2) is 23.1 Å². The van der Waals surface area contributed by atoms with E-state index < -0.39 is 24.4 Å². The Balaban J connectivity index is 2.54. The van der Waals surface area contributed by atoms with Gasteiger partial charge < -0.3 is 0 Å². The molecule has 1 fully saturated rings. The third kappa shape index (κ3) is 1.67. The Morgan fingerprint density at radius 1 is 1.33 bits per heavy atom. The Morgan fingerprint density at radius 3 is 1.89 bits per heavy atom. The zero-order chi connectivity index (χ0) is 6.91. The number of halogens is 1. The molecule has 3 nitrogen and oxygen atoms in total. The average Bonchev–Trinajstić information content (AvgIpc) is 2.68. The molecule has 0 atom stereocenters. The van der Waals surface area contributed by atoms with E-state index in [9.17, 15) is 0 Å². The molecule has 1 heterocycles. The molecule has 1 saturated heterocycles. The van der Waals surface area contributed by atoms with E-state index in [4.69, 9.17) is 14.2 Å². The summed E-state index contributed by atoms with van der Waals surface area (Å²) in [5.41, 5.74) is 0. The van der Waals surface area contributed by atoms with Crippen molar-refractivity contribution < 1.29 is 9.05 Å². The van der Waals surface area contributed by atoms with Crippen LogP contribution in [0.2, 0.25) is 0 Å². The van der Waals surface area contributed by atoms with Gasteiger partial charge >= 0.3 is 61.7 Å². The quantitative estimate of drug-likeness (QED) is 0.482. The summed E-state index contributed by atoms with van der Waals surface area (Å²) < 4.78 is 12.6. The summed E-state index contributed by atoms with van der Waals surface area (Å²) in [5, 5.41) is 5.69. The van der Waals surface area contributed by atoms with E-state index in [0.29, 0.717) is 0 Å². The molecular formula is C4H11INO2P. The molecule has 0 aromatic rings. The maximum atomic E-state index is 7.67. The first-order valence-corrected chi connectivity index (χ1v) is 10.1. The summed E-state index contributed by atoms with van der Waals surface area (Å²) in [5.74, 6) is 0. The summed E-state index contributed by atoms with van der Waals surface area (Å²) >= 11 is -0.974. The predicted octanol–water partition coefficient (Wildman–Crippen LogP) is 2.32.